The predicted molar refractivity (Wildman–Crippen MR) is 111 cm³/mol. The number of hydrogen-bond donors (Lipinski definition) is 1. The minimum Gasteiger partial charge on any atom is -0.497 e. The third-order valence-electron chi connectivity index (χ3n) is 4.83. The van der Waals surface area contributed by atoms with Crippen LogP contribution in [0.25, 0.3) is 0 Å². The summed E-state index contributed by atoms with van der Waals surface area (Å²) in [5.41, 5.74) is 1.90. The summed E-state index contributed by atoms with van der Waals surface area (Å²) in [6, 6.07) is 13.3. The number of ether oxygens (including phenoxy) is 2. The van der Waals surface area contributed by atoms with Crippen LogP contribution in [0.3, 0.4) is 0 Å². The lowest BCUT2D eigenvalue weighted by Crippen LogP contribution is -2.48. The zero-order chi connectivity index (χ0) is 19.9. The SMILES string of the molecule is COc1ccc(NC(=O)CN2CCN(Cc3ccc(Cl)cc3)CC2)c(OC)c1. The molecule has 28 heavy (non-hydrogen) atoms. The molecule has 1 aliphatic rings. The maximum Gasteiger partial charge on any atom is 0.238 e. The second kappa shape index (κ2) is 9.78. The Hall–Kier alpha value is -2.28. The fourth-order valence-electron chi connectivity index (χ4n) is 3.25. The van der Waals surface area contributed by atoms with Crippen molar-refractivity contribution in [2.24, 2.45) is 0 Å². The molecule has 1 fully saturated rings. The van der Waals surface area contributed by atoms with E-state index in [1.54, 1.807) is 32.4 Å². The van der Waals surface area contributed by atoms with E-state index in [4.69, 9.17) is 21.1 Å². The highest BCUT2D eigenvalue weighted by molar-refractivity contribution is 6.30. The zero-order valence-electron chi connectivity index (χ0n) is 16.3. The van der Waals surface area contributed by atoms with Crippen molar-refractivity contribution in [3.8, 4) is 11.5 Å². The van der Waals surface area contributed by atoms with Crippen molar-refractivity contribution in [3.05, 3.63) is 53.1 Å². The molecule has 1 aliphatic heterocycles. The van der Waals surface area contributed by atoms with E-state index in [-0.39, 0.29) is 5.91 Å². The first-order valence-corrected chi connectivity index (χ1v) is 9.66. The van der Waals surface area contributed by atoms with Crippen LogP contribution in [0.4, 0.5) is 5.69 Å². The van der Waals surface area contributed by atoms with E-state index < -0.39 is 0 Å². The molecule has 0 saturated carbocycles. The molecule has 6 nitrogen and oxygen atoms in total. The highest BCUT2D eigenvalue weighted by Gasteiger charge is 2.19. The largest absolute Gasteiger partial charge is 0.497 e. The summed E-state index contributed by atoms with van der Waals surface area (Å²) in [5.74, 6) is 1.22. The van der Waals surface area contributed by atoms with E-state index in [2.05, 4.69) is 27.2 Å². The average molecular weight is 404 g/mol. The van der Waals surface area contributed by atoms with Crippen LogP contribution in [0.1, 0.15) is 5.56 Å². The highest BCUT2D eigenvalue weighted by atomic mass is 35.5. The minimum absolute atomic E-state index is 0.0466. The number of halogens is 1. The number of rotatable bonds is 7. The Labute approximate surface area is 171 Å². The van der Waals surface area contributed by atoms with Gasteiger partial charge < -0.3 is 14.8 Å². The van der Waals surface area contributed by atoms with Gasteiger partial charge in [0.25, 0.3) is 0 Å². The number of nitrogens with one attached hydrogen (secondary N) is 1. The van der Waals surface area contributed by atoms with Gasteiger partial charge in [0.05, 0.1) is 26.5 Å². The van der Waals surface area contributed by atoms with Gasteiger partial charge in [0.1, 0.15) is 11.5 Å². The Kier molecular flexibility index (Phi) is 7.14. The van der Waals surface area contributed by atoms with Gasteiger partial charge in [-0.25, -0.2) is 0 Å². The highest BCUT2D eigenvalue weighted by Crippen LogP contribution is 2.29. The summed E-state index contributed by atoms with van der Waals surface area (Å²) in [7, 11) is 3.17. The van der Waals surface area contributed by atoms with Crippen LogP contribution in [0.5, 0.6) is 11.5 Å². The van der Waals surface area contributed by atoms with Crippen molar-refractivity contribution in [3.63, 3.8) is 0 Å². The molecule has 150 valence electrons. The smallest absolute Gasteiger partial charge is 0.238 e. The summed E-state index contributed by atoms with van der Waals surface area (Å²) in [4.78, 5) is 17.0. The van der Waals surface area contributed by atoms with Gasteiger partial charge in [0.2, 0.25) is 5.91 Å². The van der Waals surface area contributed by atoms with Gasteiger partial charge in [0, 0.05) is 43.8 Å². The number of amides is 1. The van der Waals surface area contributed by atoms with Crippen molar-refractivity contribution in [2.45, 2.75) is 6.54 Å². The number of carbonyl (C=O) groups is 1. The van der Waals surface area contributed by atoms with Crippen LogP contribution in [-0.2, 0) is 11.3 Å². The van der Waals surface area contributed by atoms with E-state index in [1.807, 2.05) is 12.1 Å². The minimum atomic E-state index is -0.0466. The van der Waals surface area contributed by atoms with Crippen molar-refractivity contribution < 1.29 is 14.3 Å². The molecule has 0 spiro atoms. The third-order valence-corrected chi connectivity index (χ3v) is 5.09. The van der Waals surface area contributed by atoms with Crippen molar-refractivity contribution >= 4 is 23.2 Å². The van der Waals surface area contributed by atoms with Crippen molar-refractivity contribution in [1.29, 1.82) is 0 Å². The molecule has 0 radical (unpaired) electrons. The molecule has 2 aromatic carbocycles. The molecule has 0 bridgehead atoms. The van der Waals surface area contributed by atoms with Crippen molar-refractivity contribution in [2.75, 3.05) is 52.3 Å². The number of hydrogen-bond acceptors (Lipinski definition) is 5. The zero-order valence-corrected chi connectivity index (χ0v) is 17.0. The van der Waals surface area contributed by atoms with E-state index in [9.17, 15) is 4.79 Å². The molecule has 1 amide bonds. The standard InChI is InChI=1S/C21H26ClN3O3/c1-27-18-7-8-19(20(13-18)28-2)23-21(26)15-25-11-9-24(10-12-25)14-16-3-5-17(22)6-4-16/h3-8,13H,9-12,14-15H2,1-2H3,(H,23,26). The first-order valence-electron chi connectivity index (χ1n) is 9.28. The van der Waals surface area contributed by atoms with E-state index >= 15 is 0 Å². The van der Waals surface area contributed by atoms with Crippen molar-refractivity contribution in [1.82, 2.24) is 9.80 Å². The van der Waals surface area contributed by atoms with Gasteiger partial charge >= 0.3 is 0 Å². The van der Waals surface area contributed by atoms with E-state index in [0.717, 1.165) is 37.7 Å². The number of methoxy groups -OCH3 is 2. The van der Waals surface area contributed by atoms with Gasteiger partial charge in [-0.05, 0) is 29.8 Å². The molecule has 1 saturated heterocycles. The van der Waals surface area contributed by atoms with Crippen LogP contribution in [0.15, 0.2) is 42.5 Å². The molecule has 2 aromatic rings. The van der Waals surface area contributed by atoms with Crippen LogP contribution in [0, 0.1) is 0 Å². The fourth-order valence-corrected chi connectivity index (χ4v) is 3.37. The van der Waals surface area contributed by atoms with Crippen LogP contribution in [0.2, 0.25) is 5.02 Å². The number of carbonyl (C=O) groups excluding carboxylic acids is 1. The molecular weight excluding hydrogens is 378 g/mol. The monoisotopic (exact) mass is 403 g/mol. The summed E-state index contributed by atoms with van der Waals surface area (Å²) in [5, 5.41) is 3.69. The Bertz CT molecular complexity index is 790. The number of benzene rings is 2. The summed E-state index contributed by atoms with van der Waals surface area (Å²) in [6.07, 6.45) is 0. The van der Waals surface area contributed by atoms with Gasteiger partial charge in [-0.1, -0.05) is 23.7 Å². The Morgan fingerprint density at radius 2 is 1.68 bits per heavy atom. The predicted octanol–water partition coefficient (Wildman–Crippen LogP) is 3.11. The molecule has 0 aromatic heterocycles. The maximum absolute atomic E-state index is 12.4. The molecule has 1 N–H and O–H groups in total. The number of piperazine rings is 1. The van der Waals surface area contributed by atoms with E-state index in [0.29, 0.717) is 23.7 Å². The molecule has 0 unspecified atom stereocenters. The van der Waals surface area contributed by atoms with Gasteiger partial charge in [-0.3, -0.25) is 14.6 Å². The lowest BCUT2D eigenvalue weighted by molar-refractivity contribution is -0.117. The Morgan fingerprint density at radius 3 is 2.32 bits per heavy atom. The second-order valence-electron chi connectivity index (χ2n) is 6.79. The van der Waals surface area contributed by atoms with Crippen LogP contribution in [-0.4, -0.2) is 62.7 Å². The Morgan fingerprint density at radius 1 is 1.00 bits per heavy atom. The summed E-state index contributed by atoms with van der Waals surface area (Å²) >= 11 is 5.94. The molecule has 3 rings (SSSR count). The molecule has 7 heteroatoms. The van der Waals surface area contributed by atoms with E-state index in [1.165, 1.54) is 5.56 Å². The fraction of sp³-hybridized carbons (Fsp3) is 0.381. The van der Waals surface area contributed by atoms with Gasteiger partial charge in [-0.15, -0.1) is 0 Å². The quantitative estimate of drug-likeness (QED) is 0.769. The molecular formula is C21H26ClN3O3. The molecule has 0 atom stereocenters. The molecule has 1 heterocycles. The first kappa shape index (κ1) is 20.5. The first-order chi connectivity index (χ1) is 13.6. The lowest BCUT2D eigenvalue weighted by Gasteiger charge is -2.34. The topological polar surface area (TPSA) is 54.0 Å². The normalized spacial score (nSPS) is 15.2. The van der Waals surface area contributed by atoms with Gasteiger partial charge in [-0.2, -0.15) is 0 Å². The maximum atomic E-state index is 12.4. The average Bonchev–Trinajstić information content (AvgIpc) is 2.71. The molecule has 0 aliphatic carbocycles. The van der Waals surface area contributed by atoms with Gasteiger partial charge in [0.15, 0.2) is 0 Å². The Balaban J connectivity index is 1.46. The number of anilines is 1. The third kappa shape index (κ3) is 5.61. The summed E-state index contributed by atoms with van der Waals surface area (Å²) < 4.78 is 10.5. The summed E-state index contributed by atoms with van der Waals surface area (Å²) in [6.45, 7) is 4.86. The second-order valence-corrected chi connectivity index (χ2v) is 7.23. The van der Waals surface area contributed by atoms with Crippen LogP contribution >= 0.6 is 11.6 Å². The number of nitrogens with zero attached hydrogens (tertiary/aromatic N) is 2. The van der Waals surface area contributed by atoms with Crippen LogP contribution < -0.4 is 14.8 Å². The lowest BCUT2D eigenvalue weighted by atomic mass is 10.2.